The summed E-state index contributed by atoms with van der Waals surface area (Å²) < 4.78 is 0. The summed E-state index contributed by atoms with van der Waals surface area (Å²) >= 11 is 0. The van der Waals surface area contributed by atoms with Crippen molar-refractivity contribution in [1.29, 1.82) is 0 Å². The summed E-state index contributed by atoms with van der Waals surface area (Å²) in [6, 6.07) is 17.8. The molecule has 3 N–H and O–H groups in total. The maximum atomic E-state index is 11.7. The lowest BCUT2D eigenvalue weighted by Crippen LogP contribution is -2.22. The van der Waals surface area contributed by atoms with Crippen molar-refractivity contribution < 1.29 is 4.79 Å². The van der Waals surface area contributed by atoms with Gasteiger partial charge in [-0.3, -0.25) is 4.79 Å². The fraction of sp³-hybridized carbons (Fsp3) is 0.235. The van der Waals surface area contributed by atoms with Gasteiger partial charge in [0.25, 0.3) is 0 Å². The van der Waals surface area contributed by atoms with Gasteiger partial charge in [-0.2, -0.15) is 0 Å². The molecule has 20 heavy (non-hydrogen) atoms. The molecule has 2 rings (SSSR count). The van der Waals surface area contributed by atoms with Crippen LogP contribution in [-0.2, 0) is 17.8 Å². The first-order valence-electron chi connectivity index (χ1n) is 6.89. The third-order valence-corrected chi connectivity index (χ3v) is 3.15. The van der Waals surface area contributed by atoms with Crippen molar-refractivity contribution in [3.63, 3.8) is 0 Å². The molecule has 104 valence electrons. The third kappa shape index (κ3) is 4.76. The Balaban J connectivity index is 1.68. The van der Waals surface area contributed by atoms with Crippen LogP contribution in [0, 0.1) is 0 Å². The molecule has 0 aliphatic carbocycles. The molecule has 3 heteroatoms. The van der Waals surface area contributed by atoms with Crippen molar-refractivity contribution in [3.8, 4) is 0 Å². The number of carbonyl (C=O) groups excluding carboxylic acids is 1. The predicted molar refractivity (Wildman–Crippen MR) is 82.1 cm³/mol. The van der Waals surface area contributed by atoms with Crippen LogP contribution < -0.4 is 11.1 Å². The SMILES string of the molecule is Nc1cccc(CNC(=O)CCCc2ccccc2)c1. The second-order valence-corrected chi connectivity index (χ2v) is 4.86. The zero-order valence-electron chi connectivity index (χ0n) is 11.5. The summed E-state index contributed by atoms with van der Waals surface area (Å²) in [4.78, 5) is 11.7. The van der Waals surface area contributed by atoms with Crippen LogP contribution in [0.3, 0.4) is 0 Å². The molecule has 3 nitrogen and oxygen atoms in total. The first-order chi connectivity index (χ1) is 9.74. The fourth-order valence-electron chi connectivity index (χ4n) is 2.09. The lowest BCUT2D eigenvalue weighted by atomic mass is 10.1. The van der Waals surface area contributed by atoms with E-state index in [0.717, 1.165) is 24.1 Å². The summed E-state index contributed by atoms with van der Waals surface area (Å²) in [7, 11) is 0. The molecule has 0 fully saturated rings. The number of carbonyl (C=O) groups is 1. The molecule has 0 aliphatic heterocycles. The molecule has 1 amide bonds. The van der Waals surface area contributed by atoms with Crippen LogP contribution in [0.15, 0.2) is 54.6 Å². The van der Waals surface area contributed by atoms with Crippen LogP contribution >= 0.6 is 0 Å². The lowest BCUT2D eigenvalue weighted by Gasteiger charge is -2.06. The number of rotatable bonds is 6. The van der Waals surface area contributed by atoms with Crippen LogP contribution in [0.1, 0.15) is 24.0 Å². The molecule has 0 heterocycles. The highest BCUT2D eigenvalue weighted by molar-refractivity contribution is 5.75. The van der Waals surface area contributed by atoms with E-state index in [9.17, 15) is 4.79 Å². The smallest absolute Gasteiger partial charge is 0.220 e. The Bertz CT molecular complexity index is 552. The number of nitrogen functional groups attached to an aromatic ring is 1. The molecule has 0 aromatic heterocycles. The van der Waals surface area contributed by atoms with Crippen molar-refractivity contribution in [2.45, 2.75) is 25.8 Å². The fourth-order valence-corrected chi connectivity index (χ4v) is 2.09. The van der Waals surface area contributed by atoms with Crippen LogP contribution in [-0.4, -0.2) is 5.91 Å². The molecule has 0 saturated heterocycles. The number of nitrogens with two attached hydrogens (primary N) is 1. The molecule has 0 saturated carbocycles. The Kier molecular flexibility index (Phi) is 5.18. The molecular formula is C17H20N2O. The summed E-state index contributed by atoms with van der Waals surface area (Å²) in [5.74, 6) is 0.0864. The zero-order chi connectivity index (χ0) is 14.2. The lowest BCUT2D eigenvalue weighted by molar-refractivity contribution is -0.121. The molecule has 0 aliphatic rings. The number of amides is 1. The summed E-state index contributed by atoms with van der Waals surface area (Å²) in [6.07, 6.45) is 2.36. The first kappa shape index (κ1) is 14.1. The van der Waals surface area contributed by atoms with Gasteiger partial charge in [0.2, 0.25) is 5.91 Å². The number of benzene rings is 2. The highest BCUT2D eigenvalue weighted by Gasteiger charge is 2.02. The molecule has 2 aromatic rings. The quantitative estimate of drug-likeness (QED) is 0.791. The molecule has 0 unspecified atom stereocenters. The highest BCUT2D eigenvalue weighted by Crippen LogP contribution is 2.07. The van der Waals surface area contributed by atoms with Gasteiger partial charge in [0.15, 0.2) is 0 Å². The number of hydrogen-bond donors (Lipinski definition) is 2. The summed E-state index contributed by atoms with van der Waals surface area (Å²) in [5.41, 5.74) is 8.72. The average molecular weight is 268 g/mol. The van der Waals surface area contributed by atoms with Gasteiger partial charge in [-0.1, -0.05) is 42.5 Å². The van der Waals surface area contributed by atoms with E-state index < -0.39 is 0 Å². The van der Waals surface area contributed by atoms with Crippen molar-refractivity contribution in [1.82, 2.24) is 5.32 Å². The van der Waals surface area contributed by atoms with E-state index in [4.69, 9.17) is 5.73 Å². The molecule has 0 atom stereocenters. The first-order valence-corrected chi connectivity index (χ1v) is 6.89. The van der Waals surface area contributed by atoms with E-state index in [-0.39, 0.29) is 5.91 Å². The summed E-state index contributed by atoms with van der Waals surface area (Å²) in [6.45, 7) is 0.537. The third-order valence-electron chi connectivity index (χ3n) is 3.15. The van der Waals surface area contributed by atoms with Crippen LogP contribution in [0.2, 0.25) is 0 Å². The maximum Gasteiger partial charge on any atom is 0.220 e. The monoisotopic (exact) mass is 268 g/mol. The number of aryl methyl sites for hydroxylation is 1. The molecule has 0 bridgehead atoms. The van der Waals surface area contributed by atoms with E-state index in [2.05, 4.69) is 17.4 Å². The number of hydrogen-bond acceptors (Lipinski definition) is 2. The minimum Gasteiger partial charge on any atom is -0.399 e. The Hall–Kier alpha value is -2.29. The van der Waals surface area contributed by atoms with Crippen LogP contribution in [0.4, 0.5) is 5.69 Å². The topological polar surface area (TPSA) is 55.1 Å². The molecule has 0 radical (unpaired) electrons. The van der Waals surface area contributed by atoms with Gasteiger partial charge in [-0.15, -0.1) is 0 Å². The van der Waals surface area contributed by atoms with E-state index >= 15 is 0 Å². The van der Waals surface area contributed by atoms with Crippen molar-refractivity contribution in [3.05, 3.63) is 65.7 Å². The maximum absolute atomic E-state index is 11.7. The van der Waals surface area contributed by atoms with Gasteiger partial charge >= 0.3 is 0 Å². The minimum atomic E-state index is 0.0864. The Morgan fingerprint density at radius 2 is 1.75 bits per heavy atom. The van der Waals surface area contributed by atoms with Gasteiger partial charge in [0.05, 0.1) is 0 Å². The average Bonchev–Trinajstić information content (AvgIpc) is 2.46. The van der Waals surface area contributed by atoms with Crippen LogP contribution in [0.25, 0.3) is 0 Å². The summed E-state index contributed by atoms with van der Waals surface area (Å²) in [5, 5.41) is 2.92. The van der Waals surface area contributed by atoms with Gasteiger partial charge in [-0.25, -0.2) is 0 Å². The van der Waals surface area contributed by atoms with E-state index in [1.54, 1.807) is 0 Å². The van der Waals surface area contributed by atoms with E-state index in [1.807, 2.05) is 42.5 Å². The Morgan fingerprint density at radius 1 is 1.00 bits per heavy atom. The normalized spacial score (nSPS) is 10.2. The van der Waals surface area contributed by atoms with Gasteiger partial charge < -0.3 is 11.1 Å². The van der Waals surface area contributed by atoms with Crippen molar-refractivity contribution in [2.75, 3.05) is 5.73 Å². The Morgan fingerprint density at radius 3 is 2.50 bits per heavy atom. The molecular weight excluding hydrogens is 248 g/mol. The highest BCUT2D eigenvalue weighted by atomic mass is 16.1. The zero-order valence-corrected chi connectivity index (χ0v) is 11.5. The Labute approximate surface area is 119 Å². The van der Waals surface area contributed by atoms with Crippen molar-refractivity contribution in [2.24, 2.45) is 0 Å². The predicted octanol–water partition coefficient (Wildman–Crippen LogP) is 2.91. The standard InChI is InChI=1S/C17H20N2O/c18-16-10-4-9-15(12-16)13-19-17(20)11-5-8-14-6-2-1-3-7-14/h1-4,6-7,9-10,12H,5,8,11,13,18H2,(H,19,20). The molecule has 0 spiro atoms. The number of anilines is 1. The van der Waals surface area contributed by atoms with E-state index in [1.165, 1.54) is 5.56 Å². The van der Waals surface area contributed by atoms with E-state index in [0.29, 0.717) is 13.0 Å². The second kappa shape index (κ2) is 7.34. The second-order valence-electron chi connectivity index (χ2n) is 4.86. The largest absolute Gasteiger partial charge is 0.399 e. The minimum absolute atomic E-state index is 0.0864. The van der Waals surface area contributed by atoms with Gasteiger partial charge in [0, 0.05) is 18.7 Å². The van der Waals surface area contributed by atoms with Crippen LogP contribution in [0.5, 0.6) is 0 Å². The van der Waals surface area contributed by atoms with Crippen molar-refractivity contribution >= 4 is 11.6 Å². The van der Waals surface area contributed by atoms with Gasteiger partial charge in [0.1, 0.15) is 0 Å². The molecule has 2 aromatic carbocycles. The number of nitrogens with one attached hydrogen (secondary N) is 1. The van der Waals surface area contributed by atoms with Gasteiger partial charge in [-0.05, 0) is 36.1 Å².